The molecule has 4 aromatic rings. The number of carbonyl (C=O) groups is 1. The molecule has 0 bridgehead atoms. The third-order valence-electron chi connectivity index (χ3n) is 5.86. The molecule has 0 aliphatic carbocycles. The molecule has 3 heterocycles. The first kappa shape index (κ1) is 19.7. The lowest BCUT2D eigenvalue weighted by molar-refractivity contribution is 0.0988. The molecule has 1 atom stereocenters. The van der Waals surface area contributed by atoms with Crippen LogP contribution < -0.4 is 4.90 Å². The number of rotatable bonds is 5. The summed E-state index contributed by atoms with van der Waals surface area (Å²) < 4.78 is 0. The first-order valence-corrected chi connectivity index (χ1v) is 11.3. The van der Waals surface area contributed by atoms with E-state index in [0.717, 1.165) is 33.6 Å². The van der Waals surface area contributed by atoms with Crippen LogP contribution in [0.2, 0.25) is 0 Å². The molecule has 0 spiro atoms. The average Bonchev–Trinajstić information content (AvgIpc) is 3.52. The first-order valence-electron chi connectivity index (χ1n) is 10.3. The summed E-state index contributed by atoms with van der Waals surface area (Å²) in [6.07, 6.45) is 0. The summed E-state index contributed by atoms with van der Waals surface area (Å²) in [5.74, 6) is 0.0629. The molecule has 1 aliphatic rings. The van der Waals surface area contributed by atoms with Crippen molar-refractivity contribution in [3.8, 4) is 11.1 Å². The molecular formula is C25H23N3O2S. The highest BCUT2D eigenvalue weighted by Crippen LogP contribution is 2.45. The second-order valence-electron chi connectivity index (χ2n) is 8.05. The number of aliphatic hydroxyl groups excluding tert-OH is 1. The van der Waals surface area contributed by atoms with Gasteiger partial charge in [-0.25, -0.2) is 0 Å². The van der Waals surface area contributed by atoms with E-state index in [2.05, 4.69) is 40.9 Å². The molecule has 2 N–H and O–H groups in total. The number of nitrogens with one attached hydrogen (secondary N) is 1. The number of hydrogen-bond acceptors (Lipinski definition) is 4. The van der Waals surface area contributed by atoms with Crippen LogP contribution in [0, 0.1) is 0 Å². The first-order chi connectivity index (χ1) is 15.1. The smallest absolute Gasteiger partial charge is 0.277 e. The number of aromatic amines is 1. The van der Waals surface area contributed by atoms with E-state index in [1.807, 2.05) is 53.4 Å². The Morgan fingerprint density at radius 3 is 2.55 bits per heavy atom. The van der Waals surface area contributed by atoms with Crippen LogP contribution in [0.4, 0.5) is 5.69 Å². The van der Waals surface area contributed by atoms with Gasteiger partial charge in [0.15, 0.2) is 0 Å². The molecule has 1 unspecified atom stereocenters. The number of anilines is 1. The van der Waals surface area contributed by atoms with E-state index >= 15 is 0 Å². The molecule has 0 radical (unpaired) electrons. The molecule has 1 amide bonds. The molecule has 6 heteroatoms. The van der Waals surface area contributed by atoms with Crippen molar-refractivity contribution in [2.75, 3.05) is 4.90 Å². The van der Waals surface area contributed by atoms with E-state index in [1.54, 1.807) is 11.3 Å². The fourth-order valence-electron chi connectivity index (χ4n) is 4.36. The number of amides is 1. The standard InChI is InChI=1S/C25H23N3O2S/c1-15(2)22-21-23(27-26-22)25(30)28(24(21)20-6-4-3-5-17(20)13-29)19-9-7-16(8-10-19)18-11-12-31-14-18/h3-12,14-15,24,29H,13H2,1-2H3,(H,26,27). The van der Waals surface area contributed by atoms with Crippen LogP contribution in [0.1, 0.15) is 58.7 Å². The summed E-state index contributed by atoms with van der Waals surface area (Å²) >= 11 is 1.66. The minimum Gasteiger partial charge on any atom is -0.392 e. The lowest BCUT2D eigenvalue weighted by Gasteiger charge is -2.28. The van der Waals surface area contributed by atoms with Gasteiger partial charge in [0.25, 0.3) is 5.91 Å². The van der Waals surface area contributed by atoms with Gasteiger partial charge in [-0.05, 0) is 57.1 Å². The van der Waals surface area contributed by atoms with Gasteiger partial charge in [-0.3, -0.25) is 14.8 Å². The van der Waals surface area contributed by atoms with E-state index in [1.165, 1.54) is 5.56 Å². The van der Waals surface area contributed by atoms with Gasteiger partial charge in [-0.15, -0.1) is 0 Å². The van der Waals surface area contributed by atoms with Gasteiger partial charge in [0.1, 0.15) is 5.69 Å². The number of thiophene rings is 1. The van der Waals surface area contributed by atoms with Gasteiger partial charge >= 0.3 is 0 Å². The number of H-pyrrole nitrogens is 1. The van der Waals surface area contributed by atoms with Crippen LogP contribution in [-0.2, 0) is 6.61 Å². The minimum absolute atomic E-state index is 0.0873. The second-order valence-corrected chi connectivity index (χ2v) is 8.83. The minimum atomic E-state index is -0.339. The summed E-state index contributed by atoms with van der Waals surface area (Å²) in [4.78, 5) is 15.3. The summed E-state index contributed by atoms with van der Waals surface area (Å²) in [5, 5.41) is 21.6. The monoisotopic (exact) mass is 429 g/mol. The molecular weight excluding hydrogens is 406 g/mol. The number of aromatic nitrogens is 2. The Morgan fingerprint density at radius 2 is 1.87 bits per heavy atom. The van der Waals surface area contributed by atoms with Crippen molar-refractivity contribution in [3.05, 3.63) is 93.4 Å². The molecule has 0 saturated heterocycles. The summed E-state index contributed by atoms with van der Waals surface area (Å²) in [5.41, 5.74) is 7.16. The van der Waals surface area contributed by atoms with E-state index < -0.39 is 0 Å². The number of nitrogens with zero attached hydrogens (tertiary/aromatic N) is 2. The topological polar surface area (TPSA) is 69.2 Å². The van der Waals surface area contributed by atoms with Crippen molar-refractivity contribution < 1.29 is 9.90 Å². The van der Waals surface area contributed by atoms with Gasteiger partial charge in [-0.1, -0.05) is 50.2 Å². The van der Waals surface area contributed by atoms with Crippen molar-refractivity contribution in [3.63, 3.8) is 0 Å². The van der Waals surface area contributed by atoms with E-state index in [9.17, 15) is 9.90 Å². The average molecular weight is 430 g/mol. The Kier molecular flexibility index (Phi) is 4.96. The van der Waals surface area contributed by atoms with Gasteiger partial charge in [0, 0.05) is 11.3 Å². The van der Waals surface area contributed by atoms with Crippen LogP contribution in [0.15, 0.2) is 65.4 Å². The van der Waals surface area contributed by atoms with Crippen LogP contribution in [-0.4, -0.2) is 21.2 Å². The zero-order valence-corrected chi connectivity index (χ0v) is 18.2. The molecule has 1 aliphatic heterocycles. The number of fused-ring (bicyclic) bond motifs is 1. The van der Waals surface area contributed by atoms with E-state index in [-0.39, 0.29) is 24.5 Å². The fourth-order valence-corrected chi connectivity index (χ4v) is 5.03. The molecule has 2 aromatic carbocycles. The van der Waals surface area contributed by atoms with Crippen LogP contribution in [0.5, 0.6) is 0 Å². The van der Waals surface area contributed by atoms with E-state index in [0.29, 0.717) is 5.69 Å². The third kappa shape index (κ3) is 3.19. The number of benzene rings is 2. The highest BCUT2D eigenvalue weighted by molar-refractivity contribution is 7.08. The van der Waals surface area contributed by atoms with Crippen LogP contribution in [0.3, 0.4) is 0 Å². The van der Waals surface area contributed by atoms with Crippen LogP contribution >= 0.6 is 11.3 Å². The Bertz CT molecular complexity index is 1230. The quantitative estimate of drug-likeness (QED) is 0.440. The Hall–Kier alpha value is -3.22. The van der Waals surface area contributed by atoms with Crippen molar-refractivity contribution in [2.24, 2.45) is 0 Å². The van der Waals surface area contributed by atoms with Gasteiger partial charge in [0.05, 0.1) is 18.3 Å². The molecule has 0 fully saturated rings. The summed E-state index contributed by atoms with van der Waals surface area (Å²) in [6.45, 7) is 4.07. The zero-order chi connectivity index (χ0) is 21.5. The normalized spacial score (nSPS) is 15.7. The van der Waals surface area contributed by atoms with Crippen LogP contribution in [0.25, 0.3) is 11.1 Å². The Labute approximate surface area is 185 Å². The fraction of sp³-hybridized carbons (Fsp3) is 0.200. The Morgan fingerprint density at radius 1 is 1.10 bits per heavy atom. The van der Waals surface area contributed by atoms with Gasteiger partial charge in [0.2, 0.25) is 0 Å². The maximum Gasteiger partial charge on any atom is 0.277 e. The maximum atomic E-state index is 13.5. The number of hydrogen-bond donors (Lipinski definition) is 2. The molecule has 0 saturated carbocycles. The largest absolute Gasteiger partial charge is 0.392 e. The predicted molar refractivity (Wildman–Crippen MR) is 123 cm³/mol. The predicted octanol–water partition coefficient (Wildman–Crippen LogP) is 5.50. The van der Waals surface area contributed by atoms with Crippen molar-refractivity contribution in [2.45, 2.75) is 32.4 Å². The SMILES string of the molecule is CC(C)c1n[nH]c2c1C(c1ccccc1CO)N(c1ccc(-c3ccsc3)cc1)C2=O. The highest BCUT2D eigenvalue weighted by atomic mass is 32.1. The highest BCUT2D eigenvalue weighted by Gasteiger charge is 2.43. The lowest BCUT2D eigenvalue weighted by Crippen LogP contribution is -2.30. The third-order valence-corrected chi connectivity index (χ3v) is 6.55. The van der Waals surface area contributed by atoms with Crippen molar-refractivity contribution in [1.82, 2.24) is 10.2 Å². The maximum absolute atomic E-state index is 13.5. The Balaban J connectivity index is 1.66. The summed E-state index contributed by atoms with van der Waals surface area (Å²) in [6, 6.07) is 17.6. The molecule has 2 aromatic heterocycles. The van der Waals surface area contributed by atoms with Gasteiger partial charge < -0.3 is 5.11 Å². The number of aliphatic hydroxyl groups is 1. The second kappa shape index (κ2) is 7.80. The van der Waals surface area contributed by atoms with Crippen molar-refractivity contribution >= 4 is 22.9 Å². The van der Waals surface area contributed by atoms with E-state index in [4.69, 9.17) is 0 Å². The molecule has 5 rings (SSSR count). The number of carbonyl (C=O) groups excluding carboxylic acids is 1. The molecule has 31 heavy (non-hydrogen) atoms. The van der Waals surface area contributed by atoms with Gasteiger partial charge in [-0.2, -0.15) is 16.4 Å². The molecule has 156 valence electrons. The lowest BCUT2D eigenvalue weighted by atomic mass is 9.92. The summed E-state index contributed by atoms with van der Waals surface area (Å²) in [7, 11) is 0. The van der Waals surface area contributed by atoms with Crippen molar-refractivity contribution in [1.29, 1.82) is 0 Å². The molecule has 5 nitrogen and oxygen atoms in total. The zero-order valence-electron chi connectivity index (χ0n) is 17.4.